The van der Waals surface area contributed by atoms with Gasteiger partial charge in [-0.3, -0.25) is 0 Å². The lowest BCUT2D eigenvalue weighted by Gasteiger charge is -2.37. The molecule has 2 aliphatic heterocycles. The molecule has 3 fully saturated rings. The van der Waals surface area contributed by atoms with Crippen molar-refractivity contribution >= 4 is 5.71 Å². The van der Waals surface area contributed by atoms with E-state index in [0.717, 1.165) is 80.9 Å². The fourth-order valence-electron chi connectivity index (χ4n) is 11.1. The molecule has 2 aromatic rings. The standard InChI is InChI=1S/C49H69N3O6/c1-33(54)29-51-30-41-39-14-10-15-42(39)49(21-8-9-22-49)27-44-40(41)26-43(52-44)46(56)32-57-48-24-35(18-20-45(48)55)17-19-38-25-37(31-53)47(58-38)16-7-3-6-13-36(28-50)23-34-11-4-2-5-12-34/h2,4-5,11-12,18,20,24-26,33,36,39,41-42,46-47,51,53-54,56,58H,3,6-10,13-17,19,21-23,27-32,50H2,1H3/p+1/t33-,36-,39-,41+,42-,46-,47?/m0/s1. The summed E-state index contributed by atoms with van der Waals surface area (Å²) in [4.78, 5) is 5.14. The number of rotatable bonds is 21. The average Bonchev–Trinajstić information content (AvgIpc) is 4.05. The van der Waals surface area contributed by atoms with E-state index < -0.39 is 12.2 Å². The van der Waals surface area contributed by atoms with Crippen LogP contribution in [0.1, 0.15) is 108 Å². The Labute approximate surface area is 347 Å². The lowest BCUT2D eigenvalue weighted by molar-refractivity contribution is -0.0552. The Bertz CT molecular complexity index is 1700. The summed E-state index contributed by atoms with van der Waals surface area (Å²) in [6, 6.07) is 16.0. The first-order valence-corrected chi connectivity index (χ1v) is 22.5. The quantitative estimate of drug-likeness (QED) is 0.0449. The van der Waals surface area contributed by atoms with E-state index in [-0.39, 0.29) is 25.1 Å². The summed E-state index contributed by atoms with van der Waals surface area (Å²) in [6.45, 7) is 3.92. The van der Waals surface area contributed by atoms with E-state index in [1.165, 1.54) is 56.4 Å². The molecule has 2 aromatic carbocycles. The van der Waals surface area contributed by atoms with Crippen molar-refractivity contribution in [2.24, 2.45) is 39.8 Å². The number of hydrogen-bond donors (Lipinski definition) is 6. The summed E-state index contributed by atoms with van der Waals surface area (Å²) in [5.74, 6) is 3.77. The number of aliphatic hydroxyl groups excluding tert-OH is 3. The second-order valence-electron chi connectivity index (χ2n) is 18.2. The first-order valence-electron chi connectivity index (χ1n) is 22.5. The van der Waals surface area contributed by atoms with Gasteiger partial charge in [0, 0.05) is 32.5 Å². The minimum absolute atomic E-state index is 0.00800. The number of fused-ring (bicyclic) bond motifs is 3. The van der Waals surface area contributed by atoms with Gasteiger partial charge in [0.2, 0.25) is 5.70 Å². The minimum Gasteiger partial charge on any atom is -0.504 e. The van der Waals surface area contributed by atoms with Crippen molar-refractivity contribution in [3.8, 4) is 11.5 Å². The second kappa shape index (κ2) is 20.3. The van der Waals surface area contributed by atoms with Gasteiger partial charge in [-0.25, -0.2) is 0 Å². The Hall–Kier alpha value is -3.31. The van der Waals surface area contributed by atoms with Crippen LogP contribution in [-0.2, 0) is 12.8 Å². The molecule has 8 N–H and O–H groups in total. The molecule has 2 heterocycles. The number of aryl methyl sites for hydroxylation is 1. The smallest absolute Gasteiger partial charge is 0.208 e. The van der Waals surface area contributed by atoms with Gasteiger partial charge in [0.05, 0.1) is 18.1 Å². The molecular formula is C49H70N3O6+. The predicted octanol–water partition coefficient (Wildman–Crippen LogP) is 7.07. The van der Waals surface area contributed by atoms with Crippen molar-refractivity contribution in [3.05, 3.63) is 95.1 Å². The van der Waals surface area contributed by atoms with E-state index in [1.807, 2.05) is 19.1 Å². The molecule has 0 aromatic heterocycles. The van der Waals surface area contributed by atoms with Crippen LogP contribution in [0.4, 0.5) is 0 Å². The van der Waals surface area contributed by atoms with Crippen LogP contribution in [-0.4, -0.2) is 82.0 Å². The van der Waals surface area contributed by atoms with Crippen LogP contribution in [0.15, 0.2) is 76.9 Å². The summed E-state index contributed by atoms with van der Waals surface area (Å²) in [6.07, 6.45) is 21.7. The number of nitrogens with two attached hydrogens (primary N) is 1. The van der Waals surface area contributed by atoms with Gasteiger partial charge in [-0.15, -0.1) is 16.6 Å². The number of benzene rings is 2. The normalized spacial score (nSPS) is 25.2. The molecular weight excluding hydrogens is 727 g/mol. The molecule has 3 aliphatic carbocycles. The third-order valence-electron chi connectivity index (χ3n) is 14.1. The van der Waals surface area contributed by atoms with E-state index in [0.29, 0.717) is 60.0 Å². The van der Waals surface area contributed by atoms with E-state index in [2.05, 4.69) is 47.8 Å². The van der Waals surface area contributed by atoms with Gasteiger partial charge in [0.25, 0.3) is 0 Å². The lowest BCUT2D eigenvalue weighted by Crippen LogP contribution is -2.38. The molecule has 9 nitrogen and oxygen atoms in total. The molecule has 1 unspecified atom stereocenters. The number of allylic oxidation sites excluding steroid dienone is 1. The summed E-state index contributed by atoms with van der Waals surface area (Å²) < 4.78 is 11.1. The monoisotopic (exact) mass is 797 g/mol. The van der Waals surface area contributed by atoms with Gasteiger partial charge < -0.3 is 41.0 Å². The zero-order valence-corrected chi connectivity index (χ0v) is 34.8. The molecule has 5 aliphatic rings. The van der Waals surface area contributed by atoms with Gasteiger partial charge in [-0.2, -0.15) is 0 Å². The van der Waals surface area contributed by atoms with E-state index in [9.17, 15) is 20.4 Å². The number of phenols is 1. The molecule has 0 saturated heterocycles. The topological polar surface area (TPSA) is 153 Å². The third kappa shape index (κ3) is 10.5. The number of unbranched alkanes of at least 4 members (excludes halogenated alkanes) is 2. The zero-order valence-electron chi connectivity index (χ0n) is 34.8. The zero-order chi connectivity index (χ0) is 40.5. The molecule has 316 valence electrons. The molecule has 0 amide bonds. The number of hydrogen-bond acceptors (Lipinski definition) is 8. The second-order valence-corrected chi connectivity index (χ2v) is 18.2. The van der Waals surface area contributed by atoms with Gasteiger partial charge in [-0.05, 0) is 118 Å². The van der Waals surface area contributed by atoms with Crippen molar-refractivity contribution in [1.82, 2.24) is 5.32 Å². The number of aromatic hydroxyl groups is 1. The number of aliphatic hydroxyl groups is 5. The Morgan fingerprint density at radius 1 is 1.05 bits per heavy atom. The maximum atomic E-state index is 11.5. The third-order valence-corrected chi connectivity index (χ3v) is 14.1. The molecule has 7 rings (SSSR count). The van der Waals surface area contributed by atoms with E-state index in [4.69, 9.17) is 20.2 Å². The summed E-state index contributed by atoms with van der Waals surface area (Å²) in [7, 11) is 0. The first-order chi connectivity index (χ1) is 28.2. The van der Waals surface area contributed by atoms with Crippen molar-refractivity contribution in [3.63, 3.8) is 0 Å². The lowest BCUT2D eigenvalue weighted by atomic mass is 9.66. The van der Waals surface area contributed by atoms with Crippen LogP contribution in [0, 0.1) is 41.1 Å². The van der Waals surface area contributed by atoms with Crippen molar-refractivity contribution in [2.45, 2.75) is 128 Å². The average molecular weight is 797 g/mol. The Morgan fingerprint density at radius 3 is 2.66 bits per heavy atom. The molecule has 7 atom stereocenters. The number of phenolic OH excluding ortho intramolecular Hbond substituents is 1. The Kier molecular flexibility index (Phi) is 15.0. The number of nitrogens with zero attached hydrogens (tertiary/aromatic N) is 1. The van der Waals surface area contributed by atoms with Gasteiger partial charge >= 0.3 is 0 Å². The molecule has 3 saturated carbocycles. The van der Waals surface area contributed by atoms with Crippen LogP contribution in [0.3, 0.4) is 0 Å². The highest BCUT2D eigenvalue weighted by Gasteiger charge is 2.58. The van der Waals surface area contributed by atoms with Crippen LogP contribution in [0.5, 0.6) is 11.5 Å². The number of aliphatic imine (C=N–C) groups is 1. The van der Waals surface area contributed by atoms with Crippen LogP contribution in [0.2, 0.25) is 0 Å². The molecule has 9 heteroatoms. The largest absolute Gasteiger partial charge is 0.504 e. The predicted molar refractivity (Wildman–Crippen MR) is 231 cm³/mol. The SMILES string of the molecule is C[C@H](O)CNC[C@H]1[C+]2C=C([C@@H](O)COc3cc(CC[C-]4C=C(CO)C(CCCCC[C@H](CN)Cc5ccccc5)[OH+]4)ccc3O)N=C2CC2(CCCC2)[C@H]2CCC[C@@H]12. The highest BCUT2D eigenvalue weighted by molar-refractivity contribution is 6.03. The molecule has 1 spiro atoms. The van der Waals surface area contributed by atoms with Crippen LogP contribution < -0.4 is 15.8 Å². The minimum atomic E-state index is -0.928. The van der Waals surface area contributed by atoms with Crippen LogP contribution in [0.25, 0.3) is 0 Å². The van der Waals surface area contributed by atoms with Gasteiger partial charge in [0.15, 0.2) is 17.6 Å². The van der Waals surface area contributed by atoms with Gasteiger partial charge in [0.1, 0.15) is 30.4 Å². The maximum absolute atomic E-state index is 11.5. The van der Waals surface area contributed by atoms with Crippen molar-refractivity contribution in [2.75, 3.05) is 32.8 Å². The number of ether oxygens (including phenoxy) is 2. The Morgan fingerprint density at radius 2 is 1.88 bits per heavy atom. The number of nitrogens with one attached hydrogen (secondary N) is 1. The summed E-state index contributed by atoms with van der Waals surface area (Å²) in [5.41, 5.74) is 11.5. The first kappa shape index (κ1) is 42.8. The van der Waals surface area contributed by atoms with E-state index >= 15 is 0 Å². The highest BCUT2D eigenvalue weighted by atomic mass is 16.5. The van der Waals surface area contributed by atoms with Crippen LogP contribution >= 0.6 is 0 Å². The van der Waals surface area contributed by atoms with Gasteiger partial charge in [-0.1, -0.05) is 68.5 Å². The molecule has 0 bridgehead atoms. The van der Waals surface area contributed by atoms with Crippen molar-refractivity contribution < 1.29 is 29.9 Å². The fraction of sp³-hybridized carbons (Fsp3) is 0.612. The van der Waals surface area contributed by atoms with E-state index in [1.54, 1.807) is 6.07 Å². The maximum Gasteiger partial charge on any atom is 0.208 e. The summed E-state index contributed by atoms with van der Waals surface area (Å²) in [5, 5.41) is 45.9. The Balaban J connectivity index is 0.896. The molecule has 0 radical (unpaired) electrons. The van der Waals surface area contributed by atoms with Crippen molar-refractivity contribution in [1.29, 1.82) is 0 Å². The fourth-order valence-corrected chi connectivity index (χ4v) is 11.1. The highest BCUT2D eigenvalue weighted by Crippen LogP contribution is 2.61. The molecule has 58 heavy (non-hydrogen) atoms. The summed E-state index contributed by atoms with van der Waals surface area (Å²) >= 11 is 0.